The van der Waals surface area contributed by atoms with Crippen molar-refractivity contribution < 1.29 is 4.79 Å². The molecule has 32 heavy (non-hydrogen) atoms. The lowest BCUT2D eigenvalue weighted by atomic mass is 9.99. The molecule has 4 rings (SSSR count). The van der Waals surface area contributed by atoms with Gasteiger partial charge in [0, 0.05) is 24.7 Å². The highest BCUT2D eigenvalue weighted by atomic mass is 16.1. The number of pyridine rings is 1. The van der Waals surface area contributed by atoms with Gasteiger partial charge in [0.25, 0.3) is 5.56 Å². The van der Waals surface area contributed by atoms with Crippen molar-refractivity contribution in [3.05, 3.63) is 62.3 Å². The summed E-state index contributed by atoms with van der Waals surface area (Å²) >= 11 is 0. The maximum Gasteiger partial charge on any atom is 0.266 e. The fourth-order valence-electron chi connectivity index (χ4n) is 4.42. The summed E-state index contributed by atoms with van der Waals surface area (Å²) < 4.78 is 2.14. The number of nitrogens with one attached hydrogen (secondary N) is 2. The zero-order valence-electron chi connectivity index (χ0n) is 19.1. The lowest BCUT2D eigenvalue weighted by Crippen LogP contribution is -2.39. The molecular weight excluding hydrogens is 402 g/mol. The van der Waals surface area contributed by atoms with Gasteiger partial charge in [0.1, 0.15) is 11.6 Å². The molecule has 1 amide bonds. The molecule has 1 unspecified atom stereocenters. The topological polar surface area (TPSA) is 104 Å². The molecule has 0 saturated heterocycles. The number of hydrogen-bond acceptors (Lipinski definition) is 4. The number of imidazole rings is 1. The van der Waals surface area contributed by atoms with Gasteiger partial charge in [-0.3, -0.25) is 9.59 Å². The molecule has 1 aliphatic rings. The van der Waals surface area contributed by atoms with Crippen LogP contribution in [-0.2, 0) is 17.8 Å². The minimum absolute atomic E-state index is 0.0122. The molecule has 0 aliphatic heterocycles. The highest BCUT2D eigenvalue weighted by molar-refractivity contribution is 5.78. The molecule has 7 nitrogen and oxygen atoms in total. The molecule has 7 heteroatoms. The molecule has 0 bridgehead atoms. The Kier molecular flexibility index (Phi) is 5.88. The van der Waals surface area contributed by atoms with Gasteiger partial charge in [-0.1, -0.05) is 0 Å². The van der Waals surface area contributed by atoms with E-state index in [4.69, 9.17) is 0 Å². The number of H-pyrrole nitrogens is 1. The Labute approximate surface area is 187 Å². The van der Waals surface area contributed by atoms with Crippen LogP contribution in [0.5, 0.6) is 0 Å². The standard InChI is InChI=1S/C25H29N5O2/c1-14-9-21-23(10-15(14)2)30(13-27-21)12-22(18-5-6-18)29-24(31)8-7-19-16(3)20(11-26)25(32)28-17(19)4/h9-10,13,18,22H,5-8,12H2,1-4H3,(H,28,32)(H,29,31). The molecule has 1 aromatic carbocycles. The number of carbonyl (C=O) groups excluding carboxylic acids is 1. The quantitative estimate of drug-likeness (QED) is 0.599. The second-order valence-electron chi connectivity index (χ2n) is 9.00. The van der Waals surface area contributed by atoms with Gasteiger partial charge >= 0.3 is 0 Å². The first-order valence-electron chi connectivity index (χ1n) is 11.1. The third kappa shape index (κ3) is 4.31. The normalized spacial score (nSPS) is 14.3. The number of nitrogens with zero attached hydrogens (tertiary/aromatic N) is 3. The van der Waals surface area contributed by atoms with E-state index < -0.39 is 0 Å². The van der Waals surface area contributed by atoms with Crippen molar-refractivity contribution in [2.45, 2.75) is 66.0 Å². The van der Waals surface area contributed by atoms with Crippen molar-refractivity contribution in [1.29, 1.82) is 5.26 Å². The highest BCUT2D eigenvalue weighted by Gasteiger charge is 2.32. The van der Waals surface area contributed by atoms with Crippen LogP contribution in [0.1, 0.15) is 52.8 Å². The van der Waals surface area contributed by atoms with E-state index in [1.54, 1.807) is 6.92 Å². The van der Waals surface area contributed by atoms with Crippen LogP contribution in [0.15, 0.2) is 23.3 Å². The van der Waals surface area contributed by atoms with E-state index in [1.165, 1.54) is 11.1 Å². The summed E-state index contributed by atoms with van der Waals surface area (Å²) in [7, 11) is 0. The molecule has 0 spiro atoms. The van der Waals surface area contributed by atoms with Crippen LogP contribution in [0.25, 0.3) is 11.0 Å². The Balaban J connectivity index is 1.46. The van der Waals surface area contributed by atoms with Crippen LogP contribution in [0.3, 0.4) is 0 Å². The van der Waals surface area contributed by atoms with E-state index in [0.717, 1.165) is 29.4 Å². The molecule has 2 N–H and O–H groups in total. The van der Waals surface area contributed by atoms with E-state index in [-0.39, 0.29) is 23.1 Å². The monoisotopic (exact) mass is 431 g/mol. The summed E-state index contributed by atoms with van der Waals surface area (Å²) in [5.41, 5.74) is 6.52. The number of nitriles is 1. The van der Waals surface area contributed by atoms with Gasteiger partial charge in [0.05, 0.1) is 17.4 Å². The highest BCUT2D eigenvalue weighted by Crippen LogP contribution is 2.34. The lowest BCUT2D eigenvalue weighted by Gasteiger charge is -2.20. The summed E-state index contributed by atoms with van der Waals surface area (Å²) in [6.45, 7) is 8.47. The van der Waals surface area contributed by atoms with E-state index in [9.17, 15) is 14.9 Å². The SMILES string of the molecule is Cc1cc2ncn(CC(NC(=O)CCc3c(C)[nH]c(=O)c(C#N)c3C)C3CC3)c2cc1C. The summed E-state index contributed by atoms with van der Waals surface area (Å²) in [5.74, 6) is 0.478. The van der Waals surface area contributed by atoms with Crippen molar-refractivity contribution in [2.75, 3.05) is 0 Å². The average molecular weight is 432 g/mol. The van der Waals surface area contributed by atoms with Crippen molar-refractivity contribution >= 4 is 16.9 Å². The van der Waals surface area contributed by atoms with Crippen molar-refractivity contribution in [3.8, 4) is 6.07 Å². The summed E-state index contributed by atoms with van der Waals surface area (Å²) in [6.07, 6.45) is 4.91. The van der Waals surface area contributed by atoms with Crippen molar-refractivity contribution in [2.24, 2.45) is 5.92 Å². The predicted octanol–water partition coefficient (Wildman–Crippen LogP) is 3.36. The Morgan fingerprint density at radius 1 is 1.28 bits per heavy atom. The zero-order chi connectivity index (χ0) is 23.0. The summed E-state index contributed by atoms with van der Waals surface area (Å²) in [5, 5.41) is 12.5. The smallest absolute Gasteiger partial charge is 0.266 e. The number of carbonyl (C=O) groups is 1. The number of rotatable bonds is 7. The maximum atomic E-state index is 12.8. The lowest BCUT2D eigenvalue weighted by molar-refractivity contribution is -0.122. The average Bonchev–Trinajstić information content (AvgIpc) is 3.52. The Morgan fingerprint density at radius 3 is 2.69 bits per heavy atom. The maximum absolute atomic E-state index is 12.8. The van der Waals surface area contributed by atoms with Gasteiger partial charge < -0.3 is 14.9 Å². The predicted molar refractivity (Wildman–Crippen MR) is 123 cm³/mol. The molecular formula is C25H29N5O2. The first-order chi connectivity index (χ1) is 15.3. The molecule has 1 aliphatic carbocycles. The van der Waals surface area contributed by atoms with E-state index >= 15 is 0 Å². The van der Waals surface area contributed by atoms with E-state index in [0.29, 0.717) is 36.6 Å². The van der Waals surface area contributed by atoms with Crippen LogP contribution in [0.2, 0.25) is 0 Å². The van der Waals surface area contributed by atoms with Crippen LogP contribution >= 0.6 is 0 Å². The molecule has 1 saturated carbocycles. The first kappa shape index (κ1) is 21.8. The molecule has 166 valence electrons. The van der Waals surface area contributed by atoms with Gasteiger partial charge in [0.15, 0.2) is 0 Å². The van der Waals surface area contributed by atoms with Gasteiger partial charge in [-0.2, -0.15) is 5.26 Å². The van der Waals surface area contributed by atoms with E-state index in [2.05, 4.69) is 45.8 Å². The number of aromatic amines is 1. The van der Waals surface area contributed by atoms with Gasteiger partial charge in [-0.15, -0.1) is 0 Å². The number of amides is 1. The fraction of sp³-hybridized carbons (Fsp3) is 0.440. The fourth-order valence-corrected chi connectivity index (χ4v) is 4.42. The largest absolute Gasteiger partial charge is 0.351 e. The molecule has 2 aromatic heterocycles. The molecule has 0 radical (unpaired) electrons. The third-order valence-electron chi connectivity index (χ3n) is 6.69. The van der Waals surface area contributed by atoms with Crippen LogP contribution < -0.4 is 10.9 Å². The van der Waals surface area contributed by atoms with Gasteiger partial charge in [-0.05, 0) is 87.3 Å². The molecule has 3 aromatic rings. The molecule has 2 heterocycles. The number of aromatic nitrogens is 3. The van der Waals surface area contributed by atoms with Crippen LogP contribution in [0.4, 0.5) is 0 Å². The van der Waals surface area contributed by atoms with Gasteiger partial charge in [0.2, 0.25) is 5.91 Å². The van der Waals surface area contributed by atoms with E-state index in [1.807, 2.05) is 19.3 Å². The summed E-state index contributed by atoms with van der Waals surface area (Å²) in [4.78, 5) is 32.0. The Hall–Kier alpha value is -3.40. The second kappa shape index (κ2) is 8.62. The molecule has 1 fully saturated rings. The number of benzene rings is 1. The first-order valence-corrected chi connectivity index (χ1v) is 11.1. The van der Waals surface area contributed by atoms with Crippen molar-refractivity contribution in [3.63, 3.8) is 0 Å². The summed E-state index contributed by atoms with van der Waals surface area (Å²) in [6, 6.07) is 6.30. The van der Waals surface area contributed by atoms with Crippen molar-refractivity contribution in [1.82, 2.24) is 19.9 Å². The third-order valence-corrected chi connectivity index (χ3v) is 6.69. The minimum Gasteiger partial charge on any atom is -0.351 e. The zero-order valence-corrected chi connectivity index (χ0v) is 19.1. The number of aryl methyl sites for hydroxylation is 3. The number of hydrogen-bond donors (Lipinski definition) is 2. The molecule has 1 atom stereocenters. The van der Waals surface area contributed by atoms with Crippen LogP contribution in [-0.4, -0.2) is 26.5 Å². The van der Waals surface area contributed by atoms with Gasteiger partial charge in [-0.25, -0.2) is 4.98 Å². The second-order valence-corrected chi connectivity index (χ2v) is 9.00. The minimum atomic E-state index is -0.373. The Morgan fingerprint density at radius 2 is 2.00 bits per heavy atom. The van der Waals surface area contributed by atoms with Crippen LogP contribution in [0, 0.1) is 44.9 Å². The number of fused-ring (bicyclic) bond motifs is 1. The Bertz CT molecular complexity index is 1290.